The van der Waals surface area contributed by atoms with E-state index in [9.17, 15) is 4.79 Å². The van der Waals surface area contributed by atoms with Gasteiger partial charge in [-0.15, -0.1) is 12.4 Å². The molecule has 1 heterocycles. The molecule has 4 nitrogen and oxygen atoms in total. The highest BCUT2D eigenvalue weighted by atomic mass is 35.5. The summed E-state index contributed by atoms with van der Waals surface area (Å²) in [5.74, 6) is 0.861. The van der Waals surface area contributed by atoms with Crippen LogP contribution in [0.15, 0.2) is 24.3 Å². The Hall–Kier alpha value is -1.26. The van der Waals surface area contributed by atoms with Crippen molar-refractivity contribution in [2.45, 2.75) is 45.1 Å². The molecule has 1 aromatic rings. The SMILES string of the molecule is CCCOc1cccc(NC(=O)C2(CC)CCCN2)c1.Cl. The predicted octanol–water partition coefficient (Wildman–Crippen LogP) is 3.37. The van der Waals surface area contributed by atoms with E-state index in [1.54, 1.807) is 0 Å². The Morgan fingerprint density at radius 2 is 2.24 bits per heavy atom. The third-order valence-corrected chi connectivity index (χ3v) is 3.85. The monoisotopic (exact) mass is 312 g/mol. The van der Waals surface area contributed by atoms with Gasteiger partial charge in [-0.3, -0.25) is 4.79 Å². The fraction of sp³-hybridized carbons (Fsp3) is 0.562. The van der Waals surface area contributed by atoms with Crippen LogP contribution in [0.2, 0.25) is 0 Å². The number of anilines is 1. The smallest absolute Gasteiger partial charge is 0.244 e. The lowest BCUT2D eigenvalue weighted by atomic mass is 9.93. The van der Waals surface area contributed by atoms with E-state index in [0.29, 0.717) is 6.61 Å². The van der Waals surface area contributed by atoms with E-state index in [4.69, 9.17) is 4.74 Å². The summed E-state index contributed by atoms with van der Waals surface area (Å²) in [4.78, 5) is 12.5. The van der Waals surface area contributed by atoms with E-state index < -0.39 is 5.54 Å². The predicted molar refractivity (Wildman–Crippen MR) is 88.4 cm³/mol. The van der Waals surface area contributed by atoms with E-state index in [0.717, 1.165) is 43.7 Å². The minimum Gasteiger partial charge on any atom is -0.494 e. The number of rotatable bonds is 6. The van der Waals surface area contributed by atoms with Gasteiger partial charge in [0, 0.05) is 11.8 Å². The normalized spacial score (nSPS) is 20.7. The molecule has 2 rings (SSSR count). The molecule has 0 aliphatic carbocycles. The number of hydrogen-bond acceptors (Lipinski definition) is 3. The molecule has 0 bridgehead atoms. The maximum absolute atomic E-state index is 12.5. The second kappa shape index (κ2) is 8.25. The highest BCUT2D eigenvalue weighted by Crippen LogP contribution is 2.26. The van der Waals surface area contributed by atoms with E-state index in [1.807, 2.05) is 24.3 Å². The quantitative estimate of drug-likeness (QED) is 0.846. The lowest BCUT2D eigenvalue weighted by Gasteiger charge is -2.26. The van der Waals surface area contributed by atoms with E-state index in [1.165, 1.54) is 0 Å². The number of amides is 1. The van der Waals surface area contributed by atoms with Gasteiger partial charge in [0.25, 0.3) is 0 Å². The summed E-state index contributed by atoms with van der Waals surface area (Å²) in [5, 5.41) is 6.36. The largest absolute Gasteiger partial charge is 0.494 e. The minimum atomic E-state index is -0.402. The summed E-state index contributed by atoms with van der Waals surface area (Å²) < 4.78 is 5.59. The van der Waals surface area contributed by atoms with E-state index in [2.05, 4.69) is 24.5 Å². The van der Waals surface area contributed by atoms with Gasteiger partial charge < -0.3 is 15.4 Å². The summed E-state index contributed by atoms with van der Waals surface area (Å²) in [6.07, 6.45) is 3.74. The first-order valence-corrected chi connectivity index (χ1v) is 7.49. The van der Waals surface area contributed by atoms with Gasteiger partial charge in [-0.1, -0.05) is 19.9 Å². The molecule has 0 aromatic heterocycles. The Balaban J connectivity index is 0.00000220. The van der Waals surface area contributed by atoms with Gasteiger partial charge in [-0.05, 0) is 44.4 Å². The van der Waals surface area contributed by atoms with Crippen molar-refractivity contribution < 1.29 is 9.53 Å². The van der Waals surface area contributed by atoms with Crippen LogP contribution in [0.5, 0.6) is 5.75 Å². The Bertz CT molecular complexity index is 459. The zero-order chi connectivity index (χ0) is 14.4. The van der Waals surface area contributed by atoms with Crippen molar-refractivity contribution in [2.24, 2.45) is 0 Å². The second-order valence-corrected chi connectivity index (χ2v) is 5.30. The zero-order valence-electron chi connectivity index (χ0n) is 12.8. The van der Waals surface area contributed by atoms with Crippen LogP contribution in [-0.2, 0) is 4.79 Å². The fourth-order valence-electron chi connectivity index (χ4n) is 2.60. The molecule has 118 valence electrons. The molecule has 0 spiro atoms. The third-order valence-electron chi connectivity index (χ3n) is 3.85. The summed E-state index contributed by atoms with van der Waals surface area (Å²) in [5.41, 5.74) is 0.394. The summed E-state index contributed by atoms with van der Waals surface area (Å²) in [6.45, 7) is 5.74. The molecule has 21 heavy (non-hydrogen) atoms. The van der Waals surface area contributed by atoms with Gasteiger partial charge in [0.1, 0.15) is 5.75 Å². The van der Waals surface area contributed by atoms with Crippen LogP contribution in [0.3, 0.4) is 0 Å². The first-order valence-electron chi connectivity index (χ1n) is 7.49. The molecule has 5 heteroatoms. The molecule has 2 N–H and O–H groups in total. The van der Waals surface area contributed by atoms with Crippen LogP contribution in [0.4, 0.5) is 5.69 Å². The molecule has 0 radical (unpaired) electrons. The molecule has 0 saturated carbocycles. The lowest BCUT2D eigenvalue weighted by Crippen LogP contribution is -2.50. The first kappa shape index (κ1) is 17.8. The highest BCUT2D eigenvalue weighted by Gasteiger charge is 2.39. The molecule has 1 amide bonds. The van der Waals surface area contributed by atoms with Crippen molar-refractivity contribution in [3.05, 3.63) is 24.3 Å². The maximum Gasteiger partial charge on any atom is 0.244 e. The topological polar surface area (TPSA) is 50.4 Å². The van der Waals surface area contributed by atoms with E-state index in [-0.39, 0.29) is 18.3 Å². The Morgan fingerprint density at radius 1 is 1.43 bits per heavy atom. The number of carbonyl (C=O) groups excluding carboxylic acids is 1. The number of benzene rings is 1. The van der Waals surface area contributed by atoms with Crippen LogP contribution in [0.25, 0.3) is 0 Å². The fourth-order valence-corrected chi connectivity index (χ4v) is 2.60. The molecule has 1 atom stereocenters. The molecule has 1 fully saturated rings. The minimum absolute atomic E-state index is 0. The summed E-state index contributed by atoms with van der Waals surface area (Å²) in [7, 11) is 0. The number of carbonyl (C=O) groups is 1. The number of hydrogen-bond donors (Lipinski definition) is 2. The lowest BCUT2D eigenvalue weighted by molar-refractivity contribution is -0.122. The van der Waals surface area contributed by atoms with Crippen LogP contribution in [0.1, 0.15) is 39.5 Å². The van der Waals surface area contributed by atoms with Gasteiger partial charge in [0.2, 0.25) is 5.91 Å². The molecular formula is C16H25ClN2O2. The molecule has 1 aliphatic rings. The third kappa shape index (κ3) is 4.35. The second-order valence-electron chi connectivity index (χ2n) is 5.30. The van der Waals surface area contributed by atoms with Gasteiger partial charge in [-0.2, -0.15) is 0 Å². The van der Waals surface area contributed by atoms with Crippen molar-refractivity contribution >= 4 is 24.0 Å². The number of halogens is 1. The Kier molecular flexibility index (Phi) is 6.99. The van der Waals surface area contributed by atoms with Crippen molar-refractivity contribution in [2.75, 3.05) is 18.5 Å². The summed E-state index contributed by atoms with van der Waals surface area (Å²) in [6, 6.07) is 7.59. The van der Waals surface area contributed by atoms with Crippen molar-refractivity contribution in [1.82, 2.24) is 5.32 Å². The zero-order valence-corrected chi connectivity index (χ0v) is 13.6. The summed E-state index contributed by atoms with van der Waals surface area (Å²) >= 11 is 0. The average Bonchev–Trinajstić information content (AvgIpc) is 2.95. The molecule has 1 aliphatic heterocycles. The maximum atomic E-state index is 12.5. The Morgan fingerprint density at radius 3 is 2.86 bits per heavy atom. The van der Waals surface area contributed by atoms with Crippen LogP contribution in [-0.4, -0.2) is 24.6 Å². The van der Waals surface area contributed by atoms with Gasteiger partial charge in [0.05, 0.1) is 12.1 Å². The van der Waals surface area contributed by atoms with Crippen LogP contribution in [0, 0.1) is 0 Å². The van der Waals surface area contributed by atoms with Crippen molar-refractivity contribution in [3.8, 4) is 5.75 Å². The van der Waals surface area contributed by atoms with E-state index >= 15 is 0 Å². The molecule has 1 unspecified atom stereocenters. The number of ether oxygens (including phenoxy) is 1. The van der Waals surface area contributed by atoms with Crippen LogP contribution >= 0.6 is 12.4 Å². The van der Waals surface area contributed by atoms with Gasteiger partial charge in [0.15, 0.2) is 0 Å². The highest BCUT2D eigenvalue weighted by molar-refractivity contribution is 5.98. The van der Waals surface area contributed by atoms with Crippen molar-refractivity contribution in [3.63, 3.8) is 0 Å². The standard InChI is InChI=1S/C16H24N2O2.ClH/c1-3-11-20-14-8-5-7-13(12-14)18-15(19)16(4-2)9-6-10-17-16;/h5,7-8,12,17H,3-4,6,9-11H2,1-2H3,(H,18,19);1H. The van der Waals surface area contributed by atoms with Gasteiger partial charge >= 0.3 is 0 Å². The van der Waals surface area contributed by atoms with Crippen molar-refractivity contribution in [1.29, 1.82) is 0 Å². The molecular weight excluding hydrogens is 288 g/mol. The number of nitrogens with one attached hydrogen (secondary N) is 2. The average molecular weight is 313 g/mol. The molecule has 1 aromatic carbocycles. The molecule has 1 saturated heterocycles. The van der Waals surface area contributed by atoms with Crippen LogP contribution < -0.4 is 15.4 Å². The first-order chi connectivity index (χ1) is 9.70. The Labute approximate surface area is 133 Å². The van der Waals surface area contributed by atoms with Gasteiger partial charge in [-0.25, -0.2) is 0 Å².